The summed E-state index contributed by atoms with van der Waals surface area (Å²) < 4.78 is 4.34. The minimum atomic E-state index is -0.533. The first kappa shape index (κ1) is 9.73. The smallest absolute Gasteiger partial charge is 0.315 e. The minimum absolute atomic E-state index is 0.242. The summed E-state index contributed by atoms with van der Waals surface area (Å²) >= 11 is 1.40. The highest BCUT2D eigenvalue weighted by molar-refractivity contribution is 7.14. The van der Waals surface area contributed by atoms with Gasteiger partial charge in [-0.1, -0.05) is 0 Å². The molecular formula is C8H9NO3S. The first-order valence-corrected chi connectivity index (χ1v) is 4.50. The van der Waals surface area contributed by atoms with Crippen molar-refractivity contribution in [2.45, 2.75) is 6.42 Å². The quantitative estimate of drug-likeness (QED) is 0.588. The van der Waals surface area contributed by atoms with Crippen molar-refractivity contribution in [2.24, 2.45) is 0 Å². The van der Waals surface area contributed by atoms with E-state index in [1.54, 1.807) is 6.07 Å². The second-order valence-corrected chi connectivity index (χ2v) is 3.23. The largest absolute Gasteiger partial charge is 0.469 e. The molecule has 5 heteroatoms. The Balaban J connectivity index is 2.38. The molecule has 1 rings (SSSR count). The van der Waals surface area contributed by atoms with Crippen molar-refractivity contribution in [1.29, 1.82) is 0 Å². The van der Waals surface area contributed by atoms with Crippen LogP contribution in [0.2, 0.25) is 0 Å². The Kier molecular flexibility index (Phi) is 3.45. The Morgan fingerprint density at radius 3 is 2.92 bits per heavy atom. The molecule has 4 nitrogen and oxygen atoms in total. The summed E-state index contributed by atoms with van der Waals surface area (Å²) in [6, 6.07) is 3.58. The number of anilines is 1. The average Bonchev–Trinajstić information content (AvgIpc) is 2.56. The summed E-state index contributed by atoms with van der Waals surface area (Å²) in [6.45, 7) is 0. The summed E-state index contributed by atoms with van der Waals surface area (Å²) in [4.78, 5) is 21.7. The molecule has 0 bridgehead atoms. The van der Waals surface area contributed by atoms with Crippen LogP contribution in [0.25, 0.3) is 0 Å². The van der Waals surface area contributed by atoms with Crippen LogP contribution < -0.4 is 5.32 Å². The summed E-state index contributed by atoms with van der Waals surface area (Å²) in [5.74, 6) is -0.886. The van der Waals surface area contributed by atoms with E-state index in [0.29, 0.717) is 0 Å². The van der Waals surface area contributed by atoms with Crippen molar-refractivity contribution in [3.05, 3.63) is 17.5 Å². The van der Waals surface area contributed by atoms with E-state index in [2.05, 4.69) is 10.1 Å². The Morgan fingerprint density at radius 2 is 2.38 bits per heavy atom. The van der Waals surface area contributed by atoms with Gasteiger partial charge in [0.2, 0.25) is 5.91 Å². The van der Waals surface area contributed by atoms with E-state index in [1.165, 1.54) is 18.4 Å². The number of nitrogens with one attached hydrogen (secondary N) is 1. The average molecular weight is 199 g/mol. The fourth-order valence-electron chi connectivity index (χ4n) is 0.735. The standard InChI is InChI=1S/C8H9NO3S/c1-12-8(11)5-6(10)9-7-3-2-4-13-7/h2-4H,5H2,1H3,(H,9,10). The number of hydrogen-bond donors (Lipinski definition) is 1. The molecule has 0 aliphatic rings. The predicted octanol–water partition coefficient (Wildman–Crippen LogP) is 1.25. The van der Waals surface area contributed by atoms with Crippen LogP contribution in [0, 0.1) is 0 Å². The van der Waals surface area contributed by atoms with Crippen LogP contribution in [0.1, 0.15) is 6.42 Å². The maximum absolute atomic E-state index is 11.1. The maximum atomic E-state index is 11.1. The number of carbonyl (C=O) groups is 2. The normalized spacial score (nSPS) is 9.31. The number of hydrogen-bond acceptors (Lipinski definition) is 4. The number of amides is 1. The molecule has 0 unspecified atom stereocenters. The molecule has 0 radical (unpaired) electrons. The van der Waals surface area contributed by atoms with E-state index in [0.717, 1.165) is 5.00 Å². The number of rotatable bonds is 3. The van der Waals surface area contributed by atoms with Gasteiger partial charge in [0.25, 0.3) is 0 Å². The van der Waals surface area contributed by atoms with Crippen LogP contribution in [-0.4, -0.2) is 19.0 Å². The minimum Gasteiger partial charge on any atom is -0.469 e. The lowest BCUT2D eigenvalue weighted by Gasteiger charge is -2.00. The third-order valence-corrected chi connectivity index (χ3v) is 2.10. The molecule has 0 aromatic carbocycles. The molecule has 1 heterocycles. The van der Waals surface area contributed by atoms with Gasteiger partial charge in [0, 0.05) is 0 Å². The summed E-state index contributed by atoms with van der Waals surface area (Å²) in [7, 11) is 1.25. The van der Waals surface area contributed by atoms with Gasteiger partial charge >= 0.3 is 5.97 Å². The van der Waals surface area contributed by atoms with Gasteiger partial charge in [-0.15, -0.1) is 11.3 Å². The topological polar surface area (TPSA) is 55.4 Å². The molecule has 1 aromatic rings. The Labute approximate surface area is 79.5 Å². The molecule has 1 amide bonds. The summed E-state index contributed by atoms with van der Waals surface area (Å²) in [5.41, 5.74) is 0. The van der Waals surface area contributed by atoms with Gasteiger partial charge < -0.3 is 10.1 Å². The monoisotopic (exact) mass is 199 g/mol. The molecule has 1 N–H and O–H groups in total. The van der Waals surface area contributed by atoms with Crippen LogP contribution >= 0.6 is 11.3 Å². The van der Waals surface area contributed by atoms with Crippen molar-refractivity contribution in [1.82, 2.24) is 0 Å². The van der Waals surface area contributed by atoms with E-state index in [-0.39, 0.29) is 12.3 Å². The molecule has 70 valence electrons. The number of ether oxygens (including phenoxy) is 1. The van der Waals surface area contributed by atoms with Crippen molar-refractivity contribution in [3.8, 4) is 0 Å². The third-order valence-electron chi connectivity index (χ3n) is 1.32. The summed E-state index contributed by atoms with van der Waals surface area (Å²) in [5, 5.41) is 5.14. The fourth-order valence-corrected chi connectivity index (χ4v) is 1.37. The lowest BCUT2D eigenvalue weighted by atomic mass is 10.4. The molecule has 0 saturated heterocycles. The number of thiophene rings is 1. The molecule has 13 heavy (non-hydrogen) atoms. The van der Waals surface area contributed by atoms with Gasteiger partial charge in [-0.05, 0) is 17.5 Å². The second kappa shape index (κ2) is 4.61. The van der Waals surface area contributed by atoms with E-state index in [1.807, 2.05) is 11.4 Å². The van der Waals surface area contributed by atoms with Crippen molar-refractivity contribution >= 4 is 28.2 Å². The summed E-state index contributed by atoms with van der Waals surface area (Å²) in [6.07, 6.45) is -0.242. The van der Waals surface area contributed by atoms with E-state index in [4.69, 9.17) is 0 Å². The Morgan fingerprint density at radius 1 is 1.62 bits per heavy atom. The van der Waals surface area contributed by atoms with Crippen molar-refractivity contribution < 1.29 is 14.3 Å². The zero-order chi connectivity index (χ0) is 9.68. The number of methoxy groups -OCH3 is 1. The molecule has 0 aliphatic heterocycles. The van der Waals surface area contributed by atoms with Crippen LogP contribution in [0.5, 0.6) is 0 Å². The Bertz CT molecular complexity index is 294. The van der Waals surface area contributed by atoms with E-state index < -0.39 is 5.97 Å². The highest BCUT2D eigenvalue weighted by Crippen LogP contribution is 2.14. The van der Waals surface area contributed by atoms with Gasteiger partial charge in [-0.3, -0.25) is 9.59 Å². The molecular weight excluding hydrogens is 190 g/mol. The first-order valence-electron chi connectivity index (χ1n) is 3.62. The number of esters is 1. The van der Waals surface area contributed by atoms with E-state index in [9.17, 15) is 9.59 Å². The van der Waals surface area contributed by atoms with Crippen molar-refractivity contribution in [2.75, 3.05) is 12.4 Å². The van der Waals surface area contributed by atoms with Gasteiger partial charge in [0.1, 0.15) is 6.42 Å². The molecule has 0 saturated carbocycles. The molecule has 0 spiro atoms. The third kappa shape index (κ3) is 3.25. The fraction of sp³-hybridized carbons (Fsp3) is 0.250. The molecule has 0 fully saturated rings. The van der Waals surface area contributed by atoms with Gasteiger partial charge in [-0.25, -0.2) is 0 Å². The van der Waals surface area contributed by atoms with Gasteiger partial charge in [0.15, 0.2) is 0 Å². The molecule has 1 aromatic heterocycles. The first-order chi connectivity index (χ1) is 6.22. The van der Waals surface area contributed by atoms with Gasteiger partial charge in [-0.2, -0.15) is 0 Å². The number of carbonyl (C=O) groups excluding carboxylic acids is 2. The van der Waals surface area contributed by atoms with Gasteiger partial charge in [0.05, 0.1) is 12.1 Å². The van der Waals surface area contributed by atoms with Crippen LogP contribution in [-0.2, 0) is 14.3 Å². The molecule has 0 aliphatic carbocycles. The molecule has 0 atom stereocenters. The lowest BCUT2D eigenvalue weighted by molar-refractivity contribution is -0.142. The zero-order valence-corrected chi connectivity index (χ0v) is 7.89. The van der Waals surface area contributed by atoms with E-state index >= 15 is 0 Å². The van der Waals surface area contributed by atoms with Crippen LogP contribution in [0.4, 0.5) is 5.00 Å². The lowest BCUT2D eigenvalue weighted by Crippen LogP contribution is -2.16. The van der Waals surface area contributed by atoms with Crippen LogP contribution in [0.15, 0.2) is 17.5 Å². The zero-order valence-electron chi connectivity index (χ0n) is 7.07. The maximum Gasteiger partial charge on any atom is 0.315 e. The van der Waals surface area contributed by atoms with Crippen LogP contribution in [0.3, 0.4) is 0 Å². The SMILES string of the molecule is COC(=O)CC(=O)Nc1cccs1. The predicted molar refractivity (Wildman–Crippen MR) is 49.6 cm³/mol. The van der Waals surface area contributed by atoms with Crippen molar-refractivity contribution in [3.63, 3.8) is 0 Å². The highest BCUT2D eigenvalue weighted by Gasteiger charge is 2.09. The second-order valence-electron chi connectivity index (χ2n) is 2.28. The highest BCUT2D eigenvalue weighted by atomic mass is 32.1. The Hall–Kier alpha value is -1.36.